The first kappa shape index (κ1) is 10.6. The average molecular weight is 237 g/mol. The molecule has 1 saturated carbocycles. The van der Waals surface area contributed by atoms with Crippen LogP contribution < -0.4 is 5.73 Å². The van der Waals surface area contributed by atoms with E-state index in [1.165, 1.54) is 59.6 Å². The van der Waals surface area contributed by atoms with Gasteiger partial charge in [-0.15, -0.1) is 0 Å². The van der Waals surface area contributed by atoms with Crippen molar-refractivity contribution in [3.63, 3.8) is 0 Å². The molecule has 0 bridgehead atoms. The molecule has 2 aliphatic rings. The van der Waals surface area contributed by atoms with E-state index in [1.807, 2.05) is 0 Å². The molecule has 1 unspecified atom stereocenters. The van der Waals surface area contributed by atoms with E-state index < -0.39 is 0 Å². The Morgan fingerprint density at radius 1 is 1.00 bits per heavy atom. The van der Waals surface area contributed by atoms with Gasteiger partial charge in [-0.1, -0.05) is 36.8 Å². The fourth-order valence-corrected chi connectivity index (χ4v) is 3.61. The molecule has 1 fully saturated rings. The molecular weight excluding hydrogens is 218 g/mol. The Hall–Kier alpha value is -1.34. The van der Waals surface area contributed by atoms with Crippen molar-refractivity contribution >= 4 is 10.8 Å². The van der Waals surface area contributed by atoms with Crippen LogP contribution in [0.5, 0.6) is 0 Å². The van der Waals surface area contributed by atoms with E-state index >= 15 is 0 Å². The van der Waals surface area contributed by atoms with Gasteiger partial charge in [-0.25, -0.2) is 0 Å². The van der Waals surface area contributed by atoms with Crippen molar-refractivity contribution in [2.24, 2.45) is 11.7 Å². The van der Waals surface area contributed by atoms with Crippen molar-refractivity contribution < 1.29 is 0 Å². The molecule has 0 aliphatic heterocycles. The highest BCUT2D eigenvalue weighted by Crippen LogP contribution is 2.40. The molecule has 0 radical (unpaired) electrons. The standard InChI is InChI=1S/C17H19N/c18-17(13-4-1-5-13)15-10-9-12-8-7-11-3-2-6-14(15)16(11)12/h2-3,6,9-10,13,17H,1,4-5,7-8,18H2. The highest BCUT2D eigenvalue weighted by atomic mass is 14.7. The summed E-state index contributed by atoms with van der Waals surface area (Å²) >= 11 is 0. The molecule has 1 nitrogen and oxygen atoms in total. The molecule has 18 heavy (non-hydrogen) atoms. The lowest BCUT2D eigenvalue weighted by Crippen LogP contribution is -2.27. The van der Waals surface area contributed by atoms with Crippen LogP contribution in [0.3, 0.4) is 0 Å². The third kappa shape index (κ3) is 1.37. The number of hydrogen-bond donors (Lipinski definition) is 1. The largest absolute Gasteiger partial charge is 0.324 e. The van der Waals surface area contributed by atoms with E-state index in [9.17, 15) is 0 Å². The molecule has 4 rings (SSSR count). The zero-order valence-corrected chi connectivity index (χ0v) is 10.7. The molecule has 0 saturated heterocycles. The topological polar surface area (TPSA) is 26.0 Å². The maximum absolute atomic E-state index is 6.49. The maximum Gasteiger partial charge on any atom is 0.0329 e. The van der Waals surface area contributed by atoms with Gasteiger partial charge in [-0.3, -0.25) is 0 Å². The summed E-state index contributed by atoms with van der Waals surface area (Å²) in [5.41, 5.74) is 10.9. The summed E-state index contributed by atoms with van der Waals surface area (Å²) in [6.07, 6.45) is 6.39. The van der Waals surface area contributed by atoms with Crippen molar-refractivity contribution in [2.45, 2.75) is 38.1 Å². The van der Waals surface area contributed by atoms with Crippen LogP contribution in [0.25, 0.3) is 10.8 Å². The Labute approximate surface area is 108 Å². The van der Waals surface area contributed by atoms with Crippen LogP contribution in [0.2, 0.25) is 0 Å². The van der Waals surface area contributed by atoms with Gasteiger partial charge < -0.3 is 5.73 Å². The van der Waals surface area contributed by atoms with Gasteiger partial charge in [-0.05, 0) is 59.1 Å². The van der Waals surface area contributed by atoms with Gasteiger partial charge in [-0.2, -0.15) is 0 Å². The van der Waals surface area contributed by atoms with E-state index in [2.05, 4.69) is 30.3 Å². The van der Waals surface area contributed by atoms with Gasteiger partial charge in [0.1, 0.15) is 0 Å². The molecule has 1 atom stereocenters. The second-order valence-electron chi connectivity index (χ2n) is 5.87. The summed E-state index contributed by atoms with van der Waals surface area (Å²) in [4.78, 5) is 0. The monoisotopic (exact) mass is 237 g/mol. The van der Waals surface area contributed by atoms with Crippen molar-refractivity contribution in [1.29, 1.82) is 0 Å². The van der Waals surface area contributed by atoms with Crippen LogP contribution in [0.1, 0.15) is 42.0 Å². The molecule has 2 aromatic carbocycles. The zero-order chi connectivity index (χ0) is 12.1. The van der Waals surface area contributed by atoms with Gasteiger partial charge in [0.15, 0.2) is 0 Å². The highest BCUT2D eigenvalue weighted by molar-refractivity contribution is 5.93. The van der Waals surface area contributed by atoms with E-state index in [4.69, 9.17) is 5.73 Å². The third-order valence-electron chi connectivity index (χ3n) is 4.93. The molecular formula is C17H19N. The number of aryl methyl sites for hydroxylation is 2. The number of benzene rings is 2. The minimum Gasteiger partial charge on any atom is -0.324 e. The van der Waals surface area contributed by atoms with Crippen LogP contribution in [-0.2, 0) is 12.8 Å². The molecule has 0 heterocycles. The maximum atomic E-state index is 6.49. The molecule has 2 N–H and O–H groups in total. The third-order valence-corrected chi connectivity index (χ3v) is 4.93. The Balaban J connectivity index is 1.91. The van der Waals surface area contributed by atoms with E-state index in [0.717, 1.165) is 0 Å². The van der Waals surface area contributed by atoms with Gasteiger partial charge in [0.25, 0.3) is 0 Å². The SMILES string of the molecule is NC(c1ccc2c3c(cccc13)CC2)C1CCC1. The lowest BCUT2D eigenvalue weighted by atomic mass is 9.76. The van der Waals surface area contributed by atoms with Gasteiger partial charge >= 0.3 is 0 Å². The van der Waals surface area contributed by atoms with Crippen molar-refractivity contribution in [3.05, 3.63) is 47.0 Å². The Morgan fingerprint density at radius 2 is 1.78 bits per heavy atom. The van der Waals surface area contributed by atoms with Crippen LogP contribution >= 0.6 is 0 Å². The fourth-order valence-electron chi connectivity index (χ4n) is 3.61. The Bertz CT molecular complexity index is 600. The summed E-state index contributed by atoms with van der Waals surface area (Å²) in [7, 11) is 0. The average Bonchev–Trinajstić information content (AvgIpc) is 2.73. The van der Waals surface area contributed by atoms with Gasteiger partial charge in [0.2, 0.25) is 0 Å². The normalized spacial score (nSPS) is 20.1. The zero-order valence-electron chi connectivity index (χ0n) is 10.7. The molecule has 0 amide bonds. The predicted molar refractivity (Wildman–Crippen MR) is 75.6 cm³/mol. The second kappa shape index (κ2) is 3.83. The first-order chi connectivity index (χ1) is 8.84. The van der Waals surface area contributed by atoms with E-state index in [1.54, 1.807) is 0 Å². The Kier molecular flexibility index (Phi) is 2.25. The summed E-state index contributed by atoms with van der Waals surface area (Å²) in [6.45, 7) is 0. The smallest absolute Gasteiger partial charge is 0.0329 e. The van der Waals surface area contributed by atoms with Gasteiger partial charge in [0.05, 0.1) is 0 Å². The lowest BCUT2D eigenvalue weighted by Gasteiger charge is -2.32. The van der Waals surface area contributed by atoms with Crippen molar-refractivity contribution in [1.82, 2.24) is 0 Å². The van der Waals surface area contributed by atoms with E-state index in [0.29, 0.717) is 5.92 Å². The molecule has 0 aromatic heterocycles. The lowest BCUT2D eigenvalue weighted by molar-refractivity contribution is 0.265. The number of rotatable bonds is 2. The van der Waals surface area contributed by atoms with Gasteiger partial charge in [0, 0.05) is 6.04 Å². The van der Waals surface area contributed by atoms with Crippen LogP contribution in [0.4, 0.5) is 0 Å². The molecule has 2 aliphatic carbocycles. The molecule has 0 spiro atoms. The van der Waals surface area contributed by atoms with Crippen LogP contribution in [0.15, 0.2) is 30.3 Å². The summed E-state index contributed by atoms with van der Waals surface area (Å²) < 4.78 is 0. The van der Waals surface area contributed by atoms with Crippen LogP contribution in [-0.4, -0.2) is 0 Å². The minimum absolute atomic E-state index is 0.239. The number of hydrogen-bond acceptors (Lipinski definition) is 1. The highest BCUT2D eigenvalue weighted by Gasteiger charge is 2.27. The van der Waals surface area contributed by atoms with Crippen LogP contribution in [0, 0.1) is 5.92 Å². The Morgan fingerprint density at radius 3 is 2.50 bits per heavy atom. The van der Waals surface area contributed by atoms with Crippen molar-refractivity contribution in [3.8, 4) is 0 Å². The molecule has 1 heteroatoms. The first-order valence-corrected chi connectivity index (χ1v) is 7.13. The predicted octanol–water partition coefficient (Wildman–Crippen LogP) is 3.74. The quantitative estimate of drug-likeness (QED) is 0.846. The summed E-state index contributed by atoms with van der Waals surface area (Å²) in [5.74, 6) is 0.712. The summed E-state index contributed by atoms with van der Waals surface area (Å²) in [5, 5.41) is 2.92. The van der Waals surface area contributed by atoms with Crippen molar-refractivity contribution in [2.75, 3.05) is 0 Å². The molecule has 2 aromatic rings. The first-order valence-electron chi connectivity index (χ1n) is 7.13. The number of nitrogens with two attached hydrogens (primary N) is 1. The fraction of sp³-hybridized carbons (Fsp3) is 0.412. The minimum atomic E-state index is 0.239. The summed E-state index contributed by atoms with van der Waals surface area (Å²) in [6, 6.07) is 11.6. The molecule has 92 valence electrons. The second-order valence-corrected chi connectivity index (χ2v) is 5.87. The van der Waals surface area contributed by atoms with E-state index in [-0.39, 0.29) is 6.04 Å².